The number of hydrogen-bond acceptors (Lipinski definition) is 3. The Morgan fingerprint density at radius 1 is 0.524 bits per heavy atom. The average Bonchev–Trinajstić information content (AvgIpc) is 3.68. The SMILES string of the molecule is c1ccc2c(c1)-c1sc3ccccc3c1C21c2ccccc2-c2c(-c3ccc4ccc5cccnc5c4n3)cccc21. The van der Waals surface area contributed by atoms with Crippen LogP contribution in [0.1, 0.15) is 22.3 Å². The molecule has 0 aliphatic heterocycles. The average molecular weight is 551 g/mol. The van der Waals surface area contributed by atoms with Crippen molar-refractivity contribution in [2.24, 2.45) is 0 Å². The fourth-order valence-corrected chi connectivity index (χ4v) is 9.02. The summed E-state index contributed by atoms with van der Waals surface area (Å²) in [6, 6.07) is 46.6. The van der Waals surface area contributed by atoms with Gasteiger partial charge in [0.25, 0.3) is 0 Å². The van der Waals surface area contributed by atoms with Gasteiger partial charge in [-0.15, -0.1) is 11.3 Å². The van der Waals surface area contributed by atoms with Crippen molar-refractivity contribution in [3.8, 4) is 32.8 Å². The van der Waals surface area contributed by atoms with Crippen LogP contribution in [0.3, 0.4) is 0 Å². The highest BCUT2D eigenvalue weighted by Gasteiger charge is 2.53. The number of rotatable bonds is 1. The molecule has 0 bridgehead atoms. The third-order valence-corrected chi connectivity index (χ3v) is 10.5. The van der Waals surface area contributed by atoms with Crippen LogP contribution in [0.4, 0.5) is 0 Å². The highest BCUT2D eigenvalue weighted by molar-refractivity contribution is 7.22. The number of hydrogen-bond donors (Lipinski definition) is 0. The molecule has 2 nitrogen and oxygen atoms in total. The number of fused-ring (bicyclic) bond motifs is 15. The molecule has 1 spiro atoms. The van der Waals surface area contributed by atoms with Gasteiger partial charge >= 0.3 is 0 Å². The Kier molecular flexibility index (Phi) is 4.29. The maximum absolute atomic E-state index is 5.31. The lowest BCUT2D eigenvalue weighted by atomic mass is 9.70. The lowest BCUT2D eigenvalue weighted by Crippen LogP contribution is -2.25. The Balaban J connectivity index is 1.34. The lowest BCUT2D eigenvalue weighted by molar-refractivity contribution is 0.803. The highest BCUT2D eigenvalue weighted by Crippen LogP contribution is 2.66. The number of thiophene rings is 1. The zero-order valence-electron chi connectivity index (χ0n) is 22.5. The lowest BCUT2D eigenvalue weighted by Gasteiger charge is -2.30. The Morgan fingerprint density at radius 3 is 2.12 bits per heavy atom. The van der Waals surface area contributed by atoms with E-state index in [-0.39, 0.29) is 5.41 Å². The van der Waals surface area contributed by atoms with Crippen molar-refractivity contribution in [2.75, 3.05) is 0 Å². The Bertz CT molecular complexity index is 2430. The van der Waals surface area contributed by atoms with Crippen LogP contribution in [0.2, 0.25) is 0 Å². The fraction of sp³-hybridized carbons (Fsp3) is 0.0256. The summed E-state index contributed by atoms with van der Waals surface area (Å²) in [5.41, 5.74) is 13.1. The van der Waals surface area contributed by atoms with Gasteiger partial charge in [-0.05, 0) is 62.5 Å². The van der Waals surface area contributed by atoms with E-state index in [0.29, 0.717) is 0 Å². The Hall–Kier alpha value is -5.12. The predicted octanol–water partition coefficient (Wildman–Crippen LogP) is 10.0. The second kappa shape index (κ2) is 8.00. The molecule has 8 aromatic rings. The largest absolute Gasteiger partial charge is 0.254 e. The summed E-state index contributed by atoms with van der Waals surface area (Å²) in [6.07, 6.45) is 1.86. The second-order valence-corrected chi connectivity index (χ2v) is 12.3. The Morgan fingerprint density at radius 2 is 1.21 bits per heavy atom. The summed E-state index contributed by atoms with van der Waals surface area (Å²) in [5.74, 6) is 0. The summed E-state index contributed by atoms with van der Waals surface area (Å²) < 4.78 is 1.34. The van der Waals surface area contributed by atoms with Gasteiger partial charge in [-0.3, -0.25) is 4.98 Å². The summed E-state index contributed by atoms with van der Waals surface area (Å²) in [5, 5.41) is 3.56. The molecule has 1 unspecified atom stereocenters. The van der Waals surface area contributed by atoms with E-state index in [4.69, 9.17) is 9.97 Å². The third kappa shape index (κ3) is 2.65. The molecule has 3 heterocycles. The first-order chi connectivity index (χ1) is 20.8. The molecule has 3 aromatic heterocycles. The van der Waals surface area contributed by atoms with Gasteiger partial charge in [0.05, 0.1) is 22.1 Å². The maximum atomic E-state index is 5.31. The van der Waals surface area contributed by atoms with E-state index in [1.54, 1.807) is 0 Å². The molecule has 0 amide bonds. The predicted molar refractivity (Wildman–Crippen MR) is 174 cm³/mol. The van der Waals surface area contributed by atoms with E-state index in [1.807, 2.05) is 23.6 Å². The van der Waals surface area contributed by atoms with Gasteiger partial charge in [0.1, 0.15) is 0 Å². The molecule has 42 heavy (non-hydrogen) atoms. The van der Waals surface area contributed by atoms with E-state index in [2.05, 4.69) is 121 Å². The van der Waals surface area contributed by atoms with Crippen molar-refractivity contribution in [2.45, 2.75) is 5.41 Å². The van der Waals surface area contributed by atoms with Gasteiger partial charge in [-0.25, -0.2) is 4.98 Å². The Labute approximate surface area is 246 Å². The smallest absolute Gasteiger partial charge is 0.0972 e. The molecule has 10 rings (SSSR count). The topological polar surface area (TPSA) is 25.8 Å². The molecule has 0 radical (unpaired) electrons. The monoisotopic (exact) mass is 550 g/mol. The molecular formula is C39H22N2S. The molecule has 2 aliphatic rings. The molecule has 194 valence electrons. The van der Waals surface area contributed by atoms with E-state index < -0.39 is 0 Å². The molecule has 0 saturated heterocycles. The molecular weight excluding hydrogens is 529 g/mol. The van der Waals surface area contributed by atoms with Gasteiger partial charge in [0, 0.05) is 32.1 Å². The summed E-state index contributed by atoms with van der Waals surface area (Å²) in [7, 11) is 0. The van der Waals surface area contributed by atoms with Gasteiger partial charge in [-0.1, -0.05) is 109 Å². The summed E-state index contributed by atoms with van der Waals surface area (Å²) in [6.45, 7) is 0. The van der Waals surface area contributed by atoms with Crippen LogP contribution < -0.4 is 0 Å². The highest BCUT2D eigenvalue weighted by atomic mass is 32.1. The zero-order valence-corrected chi connectivity index (χ0v) is 23.3. The van der Waals surface area contributed by atoms with E-state index in [1.165, 1.54) is 53.9 Å². The van der Waals surface area contributed by atoms with Crippen LogP contribution in [0.25, 0.3) is 64.7 Å². The van der Waals surface area contributed by atoms with Crippen LogP contribution in [0.5, 0.6) is 0 Å². The fourth-order valence-electron chi connectivity index (χ4n) is 7.73. The molecule has 2 aliphatic carbocycles. The van der Waals surface area contributed by atoms with Crippen LogP contribution in [-0.2, 0) is 5.41 Å². The van der Waals surface area contributed by atoms with Crippen LogP contribution in [0, 0.1) is 0 Å². The number of aromatic nitrogens is 2. The number of benzene rings is 5. The van der Waals surface area contributed by atoms with Crippen molar-refractivity contribution >= 4 is 43.2 Å². The van der Waals surface area contributed by atoms with Crippen molar-refractivity contribution in [1.29, 1.82) is 0 Å². The first-order valence-corrected chi connectivity index (χ1v) is 15.2. The first-order valence-electron chi connectivity index (χ1n) is 14.3. The third-order valence-electron chi connectivity index (χ3n) is 9.32. The summed E-state index contributed by atoms with van der Waals surface area (Å²) >= 11 is 1.92. The quantitative estimate of drug-likeness (QED) is 0.190. The van der Waals surface area contributed by atoms with Crippen LogP contribution in [-0.4, -0.2) is 9.97 Å². The minimum Gasteiger partial charge on any atom is -0.254 e. The van der Waals surface area contributed by atoms with Gasteiger partial charge in [-0.2, -0.15) is 0 Å². The van der Waals surface area contributed by atoms with Gasteiger partial charge < -0.3 is 0 Å². The molecule has 0 N–H and O–H groups in total. The molecule has 1 atom stereocenters. The van der Waals surface area contributed by atoms with Gasteiger partial charge in [0.2, 0.25) is 0 Å². The maximum Gasteiger partial charge on any atom is 0.0972 e. The van der Waals surface area contributed by atoms with Crippen LogP contribution >= 0.6 is 11.3 Å². The standard InChI is InChI=1S/C39H22N2S/c1-4-14-29-25(10-1)34-27(32-21-20-24-19-18-23-9-8-22-40-36(23)37(24)41-32)13-7-16-31(34)39(29)30-15-5-2-11-26(30)38-35(39)28-12-3-6-17-33(28)42-38/h1-22H. The normalized spacial score (nSPS) is 16.2. The first kappa shape index (κ1) is 22.6. The van der Waals surface area contributed by atoms with E-state index >= 15 is 0 Å². The summed E-state index contributed by atoms with van der Waals surface area (Å²) in [4.78, 5) is 11.4. The molecule has 3 heteroatoms. The molecule has 0 fully saturated rings. The molecule has 5 aromatic carbocycles. The second-order valence-electron chi connectivity index (χ2n) is 11.3. The minimum absolute atomic E-state index is 0.376. The van der Waals surface area contributed by atoms with Crippen molar-refractivity contribution in [3.05, 3.63) is 156 Å². The van der Waals surface area contributed by atoms with Gasteiger partial charge in [0.15, 0.2) is 0 Å². The van der Waals surface area contributed by atoms with Crippen LogP contribution in [0.15, 0.2) is 134 Å². The molecule has 0 saturated carbocycles. The van der Waals surface area contributed by atoms with E-state index in [9.17, 15) is 0 Å². The number of nitrogens with zero attached hydrogens (tertiary/aromatic N) is 2. The number of pyridine rings is 2. The minimum atomic E-state index is -0.376. The van der Waals surface area contributed by atoms with E-state index in [0.717, 1.165) is 33.1 Å². The zero-order chi connectivity index (χ0) is 27.4. The van der Waals surface area contributed by atoms with Crippen molar-refractivity contribution in [1.82, 2.24) is 9.97 Å². The van der Waals surface area contributed by atoms with Crippen molar-refractivity contribution < 1.29 is 0 Å². The van der Waals surface area contributed by atoms with Crippen molar-refractivity contribution in [3.63, 3.8) is 0 Å².